The van der Waals surface area contributed by atoms with Crippen LogP contribution in [0.5, 0.6) is 0 Å². The molecular weight excluding hydrogens is 222 g/mol. The number of aliphatic carboxylic acids is 1. The van der Waals surface area contributed by atoms with Gasteiger partial charge < -0.3 is 14.6 Å². The number of methoxy groups -OCH3 is 1. The highest BCUT2D eigenvalue weighted by Gasteiger charge is 2.43. The summed E-state index contributed by atoms with van der Waals surface area (Å²) in [6.07, 6.45) is 0.481. The molecular formula is C12H23NO4. The average molecular weight is 245 g/mol. The summed E-state index contributed by atoms with van der Waals surface area (Å²) in [5, 5.41) is 9.44. The van der Waals surface area contributed by atoms with Gasteiger partial charge in [-0.25, -0.2) is 0 Å². The number of hydrogen-bond acceptors (Lipinski definition) is 4. The fourth-order valence-corrected chi connectivity index (χ4v) is 2.14. The van der Waals surface area contributed by atoms with Gasteiger partial charge in [0.15, 0.2) is 0 Å². The van der Waals surface area contributed by atoms with Crippen LogP contribution in [0.1, 0.15) is 27.2 Å². The first-order chi connectivity index (χ1) is 7.82. The average Bonchev–Trinajstić information content (AvgIpc) is 2.24. The highest BCUT2D eigenvalue weighted by atomic mass is 16.5. The predicted molar refractivity (Wildman–Crippen MR) is 64.1 cm³/mol. The summed E-state index contributed by atoms with van der Waals surface area (Å²) in [6.45, 7) is 8.02. The van der Waals surface area contributed by atoms with Crippen molar-refractivity contribution in [3.8, 4) is 0 Å². The summed E-state index contributed by atoms with van der Waals surface area (Å²) < 4.78 is 10.6. The van der Waals surface area contributed by atoms with Gasteiger partial charge in [0.25, 0.3) is 0 Å². The van der Waals surface area contributed by atoms with Crippen molar-refractivity contribution in [1.29, 1.82) is 0 Å². The summed E-state index contributed by atoms with van der Waals surface area (Å²) in [5.41, 5.74) is -1.17. The summed E-state index contributed by atoms with van der Waals surface area (Å²) in [6, 6.07) is 0. The molecule has 0 aromatic carbocycles. The van der Waals surface area contributed by atoms with Crippen molar-refractivity contribution < 1.29 is 19.4 Å². The van der Waals surface area contributed by atoms with E-state index in [1.54, 1.807) is 14.0 Å². The van der Waals surface area contributed by atoms with Crippen molar-refractivity contribution in [2.75, 3.05) is 33.4 Å². The third kappa shape index (κ3) is 3.40. The monoisotopic (exact) mass is 245 g/mol. The number of carboxylic acids is 1. The van der Waals surface area contributed by atoms with Gasteiger partial charge in [-0.1, -0.05) is 0 Å². The standard InChI is InChI=1S/C12H23NO4/c1-11(2)9-13(6-8-17-11)12(3,10(14)15)5-7-16-4/h5-9H2,1-4H3,(H,14,15). The van der Waals surface area contributed by atoms with E-state index in [2.05, 4.69) is 0 Å². The molecule has 5 heteroatoms. The van der Waals surface area contributed by atoms with Crippen LogP contribution < -0.4 is 0 Å². The Morgan fingerprint density at radius 3 is 2.71 bits per heavy atom. The van der Waals surface area contributed by atoms with Crippen molar-refractivity contribution in [2.45, 2.75) is 38.3 Å². The SMILES string of the molecule is COCCC(C)(C(=O)O)N1CCOC(C)(C)C1. The molecule has 0 amide bonds. The second kappa shape index (κ2) is 5.33. The van der Waals surface area contributed by atoms with E-state index in [0.717, 1.165) is 0 Å². The summed E-state index contributed by atoms with van der Waals surface area (Å²) in [7, 11) is 1.59. The first-order valence-electron chi connectivity index (χ1n) is 5.93. The van der Waals surface area contributed by atoms with E-state index in [0.29, 0.717) is 32.7 Å². The Balaban J connectivity index is 2.79. The molecule has 1 N–H and O–H groups in total. The molecule has 0 aromatic rings. The van der Waals surface area contributed by atoms with Crippen LogP contribution in [0.15, 0.2) is 0 Å². The van der Waals surface area contributed by atoms with Crippen molar-refractivity contribution in [3.05, 3.63) is 0 Å². The summed E-state index contributed by atoms with van der Waals surface area (Å²) in [5.74, 6) is -0.799. The number of carboxylic acid groups (broad SMARTS) is 1. The van der Waals surface area contributed by atoms with Gasteiger partial charge >= 0.3 is 5.97 Å². The lowest BCUT2D eigenvalue weighted by molar-refractivity contribution is -0.163. The van der Waals surface area contributed by atoms with Crippen LogP contribution in [0.3, 0.4) is 0 Å². The molecule has 1 unspecified atom stereocenters. The zero-order chi connectivity index (χ0) is 13.1. The smallest absolute Gasteiger partial charge is 0.323 e. The van der Waals surface area contributed by atoms with Crippen LogP contribution in [-0.4, -0.2) is 60.5 Å². The van der Waals surface area contributed by atoms with E-state index < -0.39 is 11.5 Å². The second-order valence-electron chi connectivity index (χ2n) is 5.35. The van der Waals surface area contributed by atoms with Crippen LogP contribution in [0.25, 0.3) is 0 Å². The maximum absolute atomic E-state index is 11.5. The van der Waals surface area contributed by atoms with E-state index in [1.165, 1.54) is 0 Å². The molecule has 100 valence electrons. The number of morpholine rings is 1. The van der Waals surface area contributed by atoms with E-state index in [1.807, 2.05) is 18.7 Å². The van der Waals surface area contributed by atoms with Gasteiger partial charge in [-0.2, -0.15) is 0 Å². The first kappa shape index (κ1) is 14.4. The Bertz CT molecular complexity index is 280. The minimum atomic E-state index is -0.878. The topological polar surface area (TPSA) is 59.0 Å². The number of hydrogen-bond donors (Lipinski definition) is 1. The molecule has 1 heterocycles. The molecule has 1 atom stereocenters. The van der Waals surface area contributed by atoms with E-state index >= 15 is 0 Å². The molecule has 1 saturated heterocycles. The van der Waals surface area contributed by atoms with Gasteiger partial charge in [0.1, 0.15) is 5.54 Å². The summed E-state index contributed by atoms with van der Waals surface area (Å²) in [4.78, 5) is 13.5. The molecule has 1 fully saturated rings. The van der Waals surface area contributed by atoms with Crippen LogP contribution in [0.4, 0.5) is 0 Å². The number of rotatable bonds is 5. The first-order valence-corrected chi connectivity index (χ1v) is 5.93. The molecule has 5 nitrogen and oxygen atoms in total. The van der Waals surface area contributed by atoms with Gasteiger partial charge in [-0.05, 0) is 27.2 Å². The maximum atomic E-state index is 11.5. The zero-order valence-electron chi connectivity index (χ0n) is 11.2. The fourth-order valence-electron chi connectivity index (χ4n) is 2.14. The van der Waals surface area contributed by atoms with Crippen LogP contribution in [0.2, 0.25) is 0 Å². The van der Waals surface area contributed by atoms with Crippen molar-refractivity contribution in [1.82, 2.24) is 4.90 Å². The number of nitrogens with zero attached hydrogens (tertiary/aromatic N) is 1. The highest BCUT2D eigenvalue weighted by Crippen LogP contribution is 2.27. The van der Waals surface area contributed by atoms with Crippen molar-refractivity contribution >= 4 is 5.97 Å². The molecule has 1 aliphatic rings. The minimum absolute atomic E-state index is 0.290. The Morgan fingerprint density at radius 2 is 2.24 bits per heavy atom. The molecule has 0 aliphatic carbocycles. The molecule has 17 heavy (non-hydrogen) atoms. The third-order valence-electron chi connectivity index (χ3n) is 3.38. The normalized spacial score (nSPS) is 24.2. The Labute approximate surface area is 103 Å². The van der Waals surface area contributed by atoms with Gasteiger partial charge in [0.2, 0.25) is 0 Å². The molecule has 0 saturated carbocycles. The van der Waals surface area contributed by atoms with Crippen molar-refractivity contribution in [2.24, 2.45) is 0 Å². The Kier molecular flexibility index (Phi) is 4.52. The minimum Gasteiger partial charge on any atom is -0.480 e. The quantitative estimate of drug-likeness (QED) is 0.782. The molecule has 1 rings (SSSR count). The molecule has 1 aliphatic heterocycles. The lowest BCUT2D eigenvalue weighted by atomic mass is 9.93. The van der Waals surface area contributed by atoms with Gasteiger partial charge in [0.05, 0.1) is 12.2 Å². The molecule has 0 aromatic heterocycles. The van der Waals surface area contributed by atoms with E-state index in [-0.39, 0.29) is 5.60 Å². The molecule has 0 radical (unpaired) electrons. The number of carbonyl (C=O) groups is 1. The highest BCUT2D eigenvalue weighted by molar-refractivity contribution is 5.78. The van der Waals surface area contributed by atoms with Crippen LogP contribution >= 0.6 is 0 Å². The fraction of sp³-hybridized carbons (Fsp3) is 0.917. The maximum Gasteiger partial charge on any atom is 0.323 e. The van der Waals surface area contributed by atoms with E-state index in [4.69, 9.17) is 9.47 Å². The third-order valence-corrected chi connectivity index (χ3v) is 3.38. The predicted octanol–water partition coefficient (Wildman–Crippen LogP) is 0.977. The van der Waals surface area contributed by atoms with Gasteiger partial charge in [-0.15, -0.1) is 0 Å². The Hall–Kier alpha value is -0.650. The second-order valence-corrected chi connectivity index (χ2v) is 5.35. The van der Waals surface area contributed by atoms with E-state index in [9.17, 15) is 9.90 Å². The largest absolute Gasteiger partial charge is 0.480 e. The molecule has 0 bridgehead atoms. The molecule has 0 spiro atoms. The van der Waals surface area contributed by atoms with Gasteiger partial charge in [-0.3, -0.25) is 9.69 Å². The van der Waals surface area contributed by atoms with Crippen LogP contribution in [-0.2, 0) is 14.3 Å². The zero-order valence-corrected chi connectivity index (χ0v) is 11.2. The summed E-state index contributed by atoms with van der Waals surface area (Å²) >= 11 is 0. The van der Waals surface area contributed by atoms with Crippen LogP contribution in [0, 0.1) is 0 Å². The Morgan fingerprint density at radius 1 is 1.59 bits per heavy atom. The van der Waals surface area contributed by atoms with Gasteiger partial charge in [0, 0.05) is 26.8 Å². The number of ether oxygens (including phenoxy) is 2. The lowest BCUT2D eigenvalue weighted by Crippen LogP contribution is -2.61. The lowest BCUT2D eigenvalue weighted by Gasteiger charge is -2.45. The van der Waals surface area contributed by atoms with Crippen molar-refractivity contribution in [3.63, 3.8) is 0 Å².